The van der Waals surface area contributed by atoms with Crippen molar-refractivity contribution in [3.05, 3.63) is 71.3 Å². The van der Waals surface area contributed by atoms with Crippen molar-refractivity contribution in [1.82, 2.24) is 0 Å². The molecular formula is C19H22O2. The van der Waals surface area contributed by atoms with Crippen molar-refractivity contribution < 1.29 is 9.84 Å². The second kappa shape index (κ2) is 6.88. The summed E-state index contributed by atoms with van der Waals surface area (Å²) in [5, 5.41) is 10.4. The largest absolute Gasteiger partial charge is 0.386 e. The van der Waals surface area contributed by atoms with Gasteiger partial charge in [0.1, 0.15) is 6.10 Å². The molecule has 1 aliphatic rings. The molecule has 2 aromatic carbocycles. The zero-order chi connectivity index (χ0) is 14.5. The maximum absolute atomic E-state index is 10.4. The highest BCUT2D eigenvalue weighted by atomic mass is 16.5. The van der Waals surface area contributed by atoms with Crippen LogP contribution in [0.3, 0.4) is 0 Å². The lowest BCUT2D eigenvalue weighted by Crippen LogP contribution is -2.28. The van der Waals surface area contributed by atoms with Gasteiger partial charge >= 0.3 is 0 Å². The minimum absolute atomic E-state index is 0.0596. The van der Waals surface area contributed by atoms with Gasteiger partial charge in [-0.25, -0.2) is 0 Å². The quantitative estimate of drug-likeness (QED) is 0.848. The molecule has 0 saturated heterocycles. The first-order valence-corrected chi connectivity index (χ1v) is 7.76. The number of aliphatic hydroxyl groups excluding tert-OH is 1. The average Bonchev–Trinajstić information content (AvgIpc) is 2.55. The molecule has 0 spiro atoms. The molecule has 2 atom stereocenters. The maximum Gasteiger partial charge on any atom is 0.105 e. The Morgan fingerprint density at radius 3 is 2.62 bits per heavy atom. The summed E-state index contributed by atoms with van der Waals surface area (Å²) in [6.45, 7) is 0.707. The first-order chi connectivity index (χ1) is 10.3. The van der Waals surface area contributed by atoms with Gasteiger partial charge in [0, 0.05) is 6.61 Å². The highest BCUT2D eigenvalue weighted by molar-refractivity contribution is 5.32. The van der Waals surface area contributed by atoms with Crippen molar-refractivity contribution in [2.45, 2.75) is 37.9 Å². The maximum atomic E-state index is 10.4. The Morgan fingerprint density at radius 2 is 1.76 bits per heavy atom. The first kappa shape index (κ1) is 14.3. The minimum atomic E-state index is -0.480. The molecule has 0 bridgehead atoms. The fraction of sp³-hybridized carbons (Fsp3) is 0.368. The van der Waals surface area contributed by atoms with Gasteiger partial charge in [0.25, 0.3) is 0 Å². The van der Waals surface area contributed by atoms with Crippen molar-refractivity contribution in [3.63, 3.8) is 0 Å². The molecule has 110 valence electrons. The van der Waals surface area contributed by atoms with Crippen LogP contribution in [-0.4, -0.2) is 17.8 Å². The van der Waals surface area contributed by atoms with E-state index in [4.69, 9.17) is 4.74 Å². The Labute approximate surface area is 126 Å². The monoisotopic (exact) mass is 282 g/mol. The number of hydrogen-bond acceptors (Lipinski definition) is 2. The lowest BCUT2D eigenvalue weighted by Gasteiger charge is -2.30. The number of ether oxygens (including phenoxy) is 1. The number of rotatable bonds is 5. The van der Waals surface area contributed by atoms with E-state index in [1.165, 1.54) is 11.1 Å². The first-order valence-electron chi connectivity index (χ1n) is 7.76. The normalized spacial score (nSPS) is 21.0. The lowest BCUT2D eigenvalue weighted by atomic mass is 9.87. The van der Waals surface area contributed by atoms with E-state index in [9.17, 15) is 5.11 Å². The topological polar surface area (TPSA) is 29.5 Å². The van der Waals surface area contributed by atoms with E-state index in [1.54, 1.807) is 0 Å². The molecule has 1 aliphatic carbocycles. The van der Waals surface area contributed by atoms with Crippen LogP contribution in [0.15, 0.2) is 54.6 Å². The van der Waals surface area contributed by atoms with E-state index < -0.39 is 6.10 Å². The highest BCUT2D eigenvalue weighted by Crippen LogP contribution is 2.31. The molecule has 0 saturated carbocycles. The lowest BCUT2D eigenvalue weighted by molar-refractivity contribution is -0.0488. The molecule has 2 nitrogen and oxygen atoms in total. The zero-order valence-corrected chi connectivity index (χ0v) is 12.2. The van der Waals surface area contributed by atoms with Crippen LogP contribution in [-0.2, 0) is 17.6 Å². The number of fused-ring (bicyclic) bond motifs is 1. The predicted octanol–water partition coefficient (Wildman–Crippen LogP) is 3.68. The summed E-state index contributed by atoms with van der Waals surface area (Å²) in [5.74, 6) is 0. The molecule has 0 aromatic heterocycles. The summed E-state index contributed by atoms with van der Waals surface area (Å²) >= 11 is 0. The van der Waals surface area contributed by atoms with Gasteiger partial charge in [0.2, 0.25) is 0 Å². The van der Waals surface area contributed by atoms with E-state index in [0.29, 0.717) is 6.61 Å². The van der Waals surface area contributed by atoms with E-state index in [0.717, 1.165) is 31.2 Å². The van der Waals surface area contributed by atoms with Crippen LogP contribution in [0.2, 0.25) is 0 Å². The smallest absolute Gasteiger partial charge is 0.105 e. The van der Waals surface area contributed by atoms with Crippen molar-refractivity contribution in [1.29, 1.82) is 0 Å². The van der Waals surface area contributed by atoms with Crippen molar-refractivity contribution in [2.75, 3.05) is 6.61 Å². The van der Waals surface area contributed by atoms with Crippen molar-refractivity contribution in [2.24, 2.45) is 0 Å². The number of aryl methyl sites for hydroxylation is 2. The summed E-state index contributed by atoms with van der Waals surface area (Å²) in [7, 11) is 0. The fourth-order valence-electron chi connectivity index (χ4n) is 3.04. The molecule has 2 aromatic rings. The van der Waals surface area contributed by atoms with Gasteiger partial charge < -0.3 is 9.84 Å². The third-order valence-corrected chi connectivity index (χ3v) is 4.21. The fourth-order valence-corrected chi connectivity index (χ4v) is 3.04. The van der Waals surface area contributed by atoms with Crippen molar-refractivity contribution >= 4 is 0 Å². The van der Waals surface area contributed by atoms with Crippen molar-refractivity contribution in [3.8, 4) is 0 Å². The molecule has 0 aliphatic heterocycles. The highest BCUT2D eigenvalue weighted by Gasteiger charge is 2.27. The molecular weight excluding hydrogens is 260 g/mol. The molecule has 0 radical (unpaired) electrons. The Hall–Kier alpha value is -1.64. The summed E-state index contributed by atoms with van der Waals surface area (Å²) in [4.78, 5) is 0. The van der Waals surface area contributed by atoms with Crippen LogP contribution in [0, 0.1) is 0 Å². The third kappa shape index (κ3) is 3.52. The molecule has 1 N–H and O–H groups in total. The Bertz CT molecular complexity index is 565. The third-order valence-electron chi connectivity index (χ3n) is 4.21. The van der Waals surface area contributed by atoms with Crippen LogP contribution < -0.4 is 0 Å². The van der Waals surface area contributed by atoms with Gasteiger partial charge in [-0.15, -0.1) is 0 Å². The van der Waals surface area contributed by atoms with Crippen LogP contribution in [0.5, 0.6) is 0 Å². The van der Waals surface area contributed by atoms with E-state index in [-0.39, 0.29) is 6.10 Å². The Morgan fingerprint density at radius 1 is 1.00 bits per heavy atom. The van der Waals surface area contributed by atoms with Crippen LogP contribution in [0.25, 0.3) is 0 Å². The zero-order valence-electron chi connectivity index (χ0n) is 12.2. The summed E-state index contributed by atoms with van der Waals surface area (Å²) in [5.41, 5.74) is 3.64. The SMILES string of the molecule is OC1c2ccccc2CCC1OCCCc1ccccc1. The van der Waals surface area contributed by atoms with Gasteiger partial charge in [0.05, 0.1) is 6.10 Å². The van der Waals surface area contributed by atoms with Crippen LogP contribution >= 0.6 is 0 Å². The van der Waals surface area contributed by atoms with Crippen LogP contribution in [0.1, 0.15) is 35.6 Å². The molecule has 0 amide bonds. The average molecular weight is 282 g/mol. The second-order valence-corrected chi connectivity index (χ2v) is 5.68. The van der Waals surface area contributed by atoms with Gasteiger partial charge in [0.15, 0.2) is 0 Å². The van der Waals surface area contributed by atoms with Gasteiger partial charge in [-0.2, -0.15) is 0 Å². The second-order valence-electron chi connectivity index (χ2n) is 5.68. The minimum Gasteiger partial charge on any atom is -0.386 e. The molecule has 3 rings (SSSR count). The molecule has 0 fully saturated rings. The molecule has 2 unspecified atom stereocenters. The molecule has 0 heterocycles. The van der Waals surface area contributed by atoms with Crippen LogP contribution in [0.4, 0.5) is 0 Å². The van der Waals surface area contributed by atoms with Gasteiger partial charge in [-0.3, -0.25) is 0 Å². The standard InChI is InChI=1S/C19H22O2/c20-19-17-11-5-4-10-16(17)12-13-18(19)21-14-6-9-15-7-2-1-3-8-15/h1-5,7-8,10-11,18-20H,6,9,12-14H2. The Kier molecular flexibility index (Phi) is 4.69. The van der Waals surface area contributed by atoms with E-state index in [2.05, 4.69) is 30.3 Å². The molecule has 2 heteroatoms. The van der Waals surface area contributed by atoms with Gasteiger partial charge in [-0.1, -0.05) is 54.6 Å². The summed E-state index contributed by atoms with van der Waals surface area (Å²) in [6, 6.07) is 18.6. The predicted molar refractivity (Wildman–Crippen MR) is 84.2 cm³/mol. The number of aliphatic hydroxyl groups is 1. The molecule has 21 heavy (non-hydrogen) atoms. The summed E-state index contributed by atoms with van der Waals surface area (Å²) in [6.07, 6.45) is 3.39. The number of benzene rings is 2. The van der Waals surface area contributed by atoms with E-state index in [1.807, 2.05) is 24.3 Å². The summed E-state index contributed by atoms with van der Waals surface area (Å²) < 4.78 is 5.92. The van der Waals surface area contributed by atoms with E-state index >= 15 is 0 Å². The Balaban J connectivity index is 1.48. The van der Waals surface area contributed by atoms with Gasteiger partial charge in [-0.05, 0) is 42.4 Å². The number of hydrogen-bond donors (Lipinski definition) is 1.